The van der Waals surface area contributed by atoms with Gasteiger partial charge in [0.15, 0.2) is 8.38 Å². The molecule has 0 saturated carbocycles. The molecule has 1 aromatic rings. The van der Waals surface area contributed by atoms with Gasteiger partial charge in [-0.3, -0.25) is 0 Å². The Balaban J connectivity index is 2.61. The van der Waals surface area contributed by atoms with Crippen LogP contribution in [0.5, 0.6) is 0 Å². The third-order valence-electron chi connectivity index (χ3n) is 1.86. The van der Waals surface area contributed by atoms with Crippen LogP contribution in [0.1, 0.15) is 11.7 Å². The van der Waals surface area contributed by atoms with Gasteiger partial charge >= 0.3 is 0 Å². The normalized spacial score (nSPS) is 15.5. The number of benzene rings is 1. The van der Waals surface area contributed by atoms with Gasteiger partial charge in [0, 0.05) is 6.16 Å². The Morgan fingerprint density at radius 2 is 1.64 bits per heavy atom. The van der Waals surface area contributed by atoms with E-state index in [1.54, 1.807) is 30.3 Å². The van der Waals surface area contributed by atoms with Crippen molar-refractivity contribution in [2.24, 2.45) is 0 Å². The molecule has 0 amide bonds. The first-order chi connectivity index (χ1) is 6.61. The van der Waals surface area contributed by atoms with Gasteiger partial charge in [-0.25, -0.2) is 0 Å². The van der Waals surface area contributed by atoms with Crippen molar-refractivity contribution in [3.05, 3.63) is 35.9 Å². The van der Waals surface area contributed by atoms with Gasteiger partial charge in [0.2, 0.25) is 0 Å². The molecule has 1 aromatic carbocycles. The van der Waals surface area contributed by atoms with Crippen LogP contribution in [0.15, 0.2) is 30.3 Å². The summed E-state index contributed by atoms with van der Waals surface area (Å²) in [4.78, 5) is 17.3. The summed E-state index contributed by atoms with van der Waals surface area (Å²) in [5.41, 5.74) is 0.567. The van der Waals surface area contributed by atoms with Crippen LogP contribution in [-0.4, -0.2) is 32.3 Å². The molecule has 0 fully saturated rings. The molecule has 0 aliphatic heterocycles. The van der Waals surface area contributed by atoms with Gasteiger partial charge in [-0.1, -0.05) is 30.3 Å². The summed E-state index contributed by atoms with van der Waals surface area (Å²) in [6.45, 7) is 0. The van der Waals surface area contributed by atoms with E-state index in [0.29, 0.717) is 5.56 Å². The van der Waals surface area contributed by atoms with E-state index in [2.05, 4.69) is 0 Å². The molecule has 1 rings (SSSR count). The Kier molecular flexibility index (Phi) is 4.45. The highest BCUT2D eigenvalue weighted by atomic mass is 31.2. The first-order valence-corrected chi connectivity index (χ1v) is 5.61. The number of aliphatic hydroxyl groups excluding tert-OH is 2. The van der Waals surface area contributed by atoms with Gasteiger partial charge in [-0.15, -0.1) is 0 Å². The fourth-order valence-electron chi connectivity index (χ4n) is 1.14. The fourth-order valence-corrected chi connectivity index (χ4v) is 1.67. The molecule has 0 aliphatic carbocycles. The van der Waals surface area contributed by atoms with Crippen LogP contribution in [0, 0.1) is 0 Å². The minimum Gasteiger partial charge on any atom is -0.390 e. The standard InChI is InChI=1S/C9H13O4P/c10-8(6-14(12)13)9(11)7-4-2-1-3-5-7/h1-5,8-13H,6H2/t8-,9-/m1/s1. The molecule has 4 nitrogen and oxygen atoms in total. The minimum atomic E-state index is -2.17. The summed E-state index contributed by atoms with van der Waals surface area (Å²) in [5, 5.41) is 19.0. The second-order valence-electron chi connectivity index (χ2n) is 2.98. The lowest BCUT2D eigenvalue weighted by Gasteiger charge is -2.18. The zero-order valence-electron chi connectivity index (χ0n) is 7.48. The van der Waals surface area contributed by atoms with Crippen LogP contribution in [0.25, 0.3) is 0 Å². The Labute approximate surface area is 83.4 Å². The van der Waals surface area contributed by atoms with Gasteiger partial charge in [0.25, 0.3) is 0 Å². The Morgan fingerprint density at radius 1 is 1.07 bits per heavy atom. The number of rotatable bonds is 4. The highest BCUT2D eigenvalue weighted by Crippen LogP contribution is 2.28. The topological polar surface area (TPSA) is 80.9 Å². The van der Waals surface area contributed by atoms with Gasteiger partial charge in [-0.05, 0) is 5.56 Å². The number of aliphatic hydroxyl groups is 2. The molecule has 0 saturated heterocycles. The van der Waals surface area contributed by atoms with Crippen molar-refractivity contribution in [2.45, 2.75) is 12.2 Å². The molecule has 14 heavy (non-hydrogen) atoms. The molecule has 0 aromatic heterocycles. The molecular formula is C9H13O4P. The van der Waals surface area contributed by atoms with Gasteiger partial charge in [-0.2, -0.15) is 0 Å². The molecule has 0 unspecified atom stereocenters. The van der Waals surface area contributed by atoms with E-state index in [1.807, 2.05) is 0 Å². The van der Waals surface area contributed by atoms with E-state index < -0.39 is 20.6 Å². The molecule has 2 atom stereocenters. The summed E-state index contributed by atoms with van der Waals surface area (Å²) in [6, 6.07) is 8.63. The summed E-state index contributed by atoms with van der Waals surface area (Å²) >= 11 is 0. The van der Waals surface area contributed by atoms with Gasteiger partial charge in [0.1, 0.15) is 6.10 Å². The van der Waals surface area contributed by atoms with Crippen molar-refractivity contribution in [3.8, 4) is 0 Å². The molecule has 0 bridgehead atoms. The molecule has 5 heteroatoms. The smallest absolute Gasteiger partial charge is 0.167 e. The Bertz CT molecular complexity index is 265. The Morgan fingerprint density at radius 3 is 2.14 bits per heavy atom. The molecule has 78 valence electrons. The molecule has 4 N–H and O–H groups in total. The van der Waals surface area contributed by atoms with E-state index in [4.69, 9.17) is 9.79 Å². The van der Waals surface area contributed by atoms with E-state index in [0.717, 1.165) is 0 Å². The number of hydrogen-bond donors (Lipinski definition) is 4. The number of hydrogen-bond acceptors (Lipinski definition) is 4. The monoisotopic (exact) mass is 216 g/mol. The maximum absolute atomic E-state index is 9.58. The highest BCUT2D eigenvalue weighted by molar-refractivity contribution is 7.45. The molecule has 0 heterocycles. The van der Waals surface area contributed by atoms with E-state index in [-0.39, 0.29) is 6.16 Å². The van der Waals surface area contributed by atoms with Crippen molar-refractivity contribution in [1.82, 2.24) is 0 Å². The Hall–Kier alpha value is -0.510. The largest absolute Gasteiger partial charge is 0.390 e. The van der Waals surface area contributed by atoms with Crippen molar-refractivity contribution in [3.63, 3.8) is 0 Å². The second-order valence-corrected chi connectivity index (χ2v) is 4.09. The van der Waals surface area contributed by atoms with Crippen LogP contribution in [-0.2, 0) is 0 Å². The van der Waals surface area contributed by atoms with Crippen molar-refractivity contribution < 1.29 is 20.0 Å². The summed E-state index contributed by atoms with van der Waals surface area (Å²) < 4.78 is 0. The van der Waals surface area contributed by atoms with Crippen LogP contribution < -0.4 is 0 Å². The predicted octanol–water partition coefficient (Wildman–Crippen LogP) is 0.377. The van der Waals surface area contributed by atoms with Crippen molar-refractivity contribution in [2.75, 3.05) is 6.16 Å². The third-order valence-corrected chi connectivity index (χ3v) is 2.56. The van der Waals surface area contributed by atoms with Crippen LogP contribution >= 0.6 is 8.38 Å². The highest BCUT2D eigenvalue weighted by Gasteiger charge is 2.20. The fraction of sp³-hybridized carbons (Fsp3) is 0.333. The van der Waals surface area contributed by atoms with Gasteiger partial charge in [0.05, 0.1) is 6.10 Å². The molecular weight excluding hydrogens is 203 g/mol. The van der Waals surface area contributed by atoms with Crippen molar-refractivity contribution >= 4 is 8.38 Å². The predicted molar refractivity (Wildman–Crippen MR) is 53.6 cm³/mol. The van der Waals surface area contributed by atoms with E-state index >= 15 is 0 Å². The average molecular weight is 216 g/mol. The average Bonchev–Trinajstić information content (AvgIpc) is 2.17. The second kappa shape index (κ2) is 5.39. The zero-order chi connectivity index (χ0) is 10.6. The SMILES string of the molecule is O[C@H](CP(O)O)[C@H](O)c1ccccc1. The van der Waals surface area contributed by atoms with E-state index in [9.17, 15) is 10.2 Å². The maximum atomic E-state index is 9.58. The maximum Gasteiger partial charge on any atom is 0.167 e. The first-order valence-electron chi connectivity index (χ1n) is 4.17. The van der Waals surface area contributed by atoms with E-state index in [1.165, 1.54) is 0 Å². The lowest BCUT2D eigenvalue weighted by Crippen LogP contribution is -2.21. The first kappa shape index (κ1) is 11.6. The summed E-state index contributed by atoms with van der Waals surface area (Å²) in [7, 11) is -2.17. The lowest BCUT2D eigenvalue weighted by atomic mass is 10.1. The lowest BCUT2D eigenvalue weighted by molar-refractivity contribution is 0.0311. The van der Waals surface area contributed by atoms with Crippen LogP contribution in [0.4, 0.5) is 0 Å². The summed E-state index contributed by atoms with van der Waals surface area (Å²) in [5.74, 6) is 0. The quantitative estimate of drug-likeness (QED) is 0.548. The van der Waals surface area contributed by atoms with Crippen LogP contribution in [0.2, 0.25) is 0 Å². The molecule has 0 spiro atoms. The molecule has 0 radical (unpaired) electrons. The minimum absolute atomic E-state index is 0.203. The van der Waals surface area contributed by atoms with Crippen molar-refractivity contribution in [1.29, 1.82) is 0 Å². The van der Waals surface area contributed by atoms with Crippen LogP contribution in [0.3, 0.4) is 0 Å². The zero-order valence-corrected chi connectivity index (χ0v) is 8.38. The summed E-state index contributed by atoms with van der Waals surface area (Å²) in [6.07, 6.45) is -2.41. The van der Waals surface area contributed by atoms with Gasteiger partial charge < -0.3 is 20.0 Å². The molecule has 0 aliphatic rings. The third kappa shape index (κ3) is 3.33.